The van der Waals surface area contributed by atoms with E-state index < -0.39 is 5.41 Å². The Bertz CT molecular complexity index is 6840. The number of fused-ring (bicyclic) bond motifs is 3. The quantitative estimate of drug-likeness (QED) is 0.0757. The minimum atomic E-state index is -1.02. The first kappa shape index (κ1) is 80.4. The molecule has 131 heavy (non-hydrogen) atoms. The summed E-state index contributed by atoms with van der Waals surface area (Å²) in [6.45, 7) is 9.21. The third-order valence-electron chi connectivity index (χ3n) is 26.8. The van der Waals surface area contributed by atoms with Gasteiger partial charge in [-0.15, -0.1) is 0 Å². The van der Waals surface area contributed by atoms with Crippen LogP contribution in [0, 0.1) is 27.7 Å². The second-order valence-electron chi connectivity index (χ2n) is 35.3. The number of hydrogen-bond acceptors (Lipinski definition) is 0. The smallest absolute Gasteiger partial charge is 0.0622 e. The van der Waals surface area contributed by atoms with Gasteiger partial charge in [0.15, 0.2) is 0 Å². The lowest BCUT2D eigenvalue weighted by Gasteiger charge is -2.36. The van der Waals surface area contributed by atoms with Crippen LogP contribution in [0.2, 0.25) is 0 Å². The highest BCUT2D eigenvalue weighted by atomic mass is 14.5. The maximum Gasteiger partial charge on any atom is 0.0714 e. The highest BCUT2D eigenvalue weighted by Gasteiger charge is 2.49. The summed E-state index contributed by atoms with van der Waals surface area (Å²) in [5.74, 6) is 0. The Morgan fingerprint density at radius 2 is 0.298 bits per heavy atom. The molecule has 0 aromatic heterocycles. The van der Waals surface area contributed by atoms with E-state index in [-0.39, 0.29) is 0 Å². The molecule has 0 saturated heterocycles. The fraction of sp³-hybridized carbons (Fsp3) is 0.0382. The van der Waals surface area contributed by atoms with Crippen LogP contribution in [0.25, 0.3) is 200 Å². The highest BCUT2D eigenvalue weighted by Crippen LogP contribution is 2.62. The zero-order valence-corrected chi connectivity index (χ0v) is 73.8. The molecule has 1 aliphatic carbocycles. The van der Waals surface area contributed by atoms with E-state index in [4.69, 9.17) is 0 Å². The minimum absolute atomic E-state index is 1.02. The van der Waals surface area contributed by atoms with Gasteiger partial charge in [0.25, 0.3) is 0 Å². The fourth-order valence-corrected chi connectivity index (χ4v) is 20.6. The van der Waals surface area contributed by atoms with Gasteiger partial charge in [-0.05, 0) is 400 Å². The maximum atomic E-state index is 2.58. The standard InChI is InChI=1S/C131H94/c1-87-63-89(3)128(90(4)64-87)125-60-34-62-127-130(125)129-88(2)35-29-61-126(129)131(127,123-83-119(103-56-30-52-99(65-103)115-73-107(91-36-13-5-14-37-91)69-108(74-115)92-38-15-6-16-39-92)81-120(84-123)104-57-31-53-100(66-104)116-75-109(93-40-17-7-18-41-93)70-110(76-116)94-42-19-8-20-43-94)124-85-121(105-58-32-54-101(67-105)117-77-111(95-44-21-9-22-45-95)71-112(78-117)96-46-23-10-24-47-96)82-122(86-124)106-59-33-55-102(68-106)118-79-113(97-48-25-11-26-49-97)72-114(80-118)98-50-27-12-28-51-98/h5-86H,1-4H3. The SMILES string of the molecule is Cc1cc(C)c(-c2cccc3c2-c2c(C)cccc2C3(c2cc(-c3cccc(-c4cc(-c5ccccc5)cc(-c5ccccc5)c4)c3)cc(-c3cccc(-c4cc(-c5ccccc5)cc(-c5ccccc5)c4)c3)c2)c2cc(-c3cccc(-c4cc(-c5ccccc5)cc(-c5ccccc5)c4)c3)cc(-c3cccc(-c4cc(-c5ccccc5)cc(-c5ccccc5)c4)c3)c2)c(C)c1. The number of benzene rings is 21. The van der Waals surface area contributed by atoms with Crippen molar-refractivity contribution in [3.63, 3.8) is 0 Å². The summed E-state index contributed by atoms with van der Waals surface area (Å²) in [7, 11) is 0. The fourth-order valence-electron chi connectivity index (χ4n) is 20.6. The summed E-state index contributed by atoms with van der Waals surface area (Å²) in [6.07, 6.45) is 0. The predicted octanol–water partition coefficient (Wildman–Crippen LogP) is 35.6. The largest absolute Gasteiger partial charge is 0.0714 e. The molecular formula is C131H94. The van der Waals surface area contributed by atoms with Crippen LogP contribution < -0.4 is 0 Å². The summed E-state index contributed by atoms with van der Waals surface area (Å²) in [5, 5.41) is 0. The van der Waals surface area contributed by atoms with Crippen LogP contribution >= 0.6 is 0 Å². The molecule has 0 heterocycles. The predicted molar refractivity (Wildman–Crippen MR) is 555 cm³/mol. The van der Waals surface area contributed by atoms with E-state index >= 15 is 0 Å². The van der Waals surface area contributed by atoms with Crippen molar-refractivity contribution >= 4 is 0 Å². The molecule has 0 heteroatoms. The second-order valence-corrected chi connectivity index (χ2v) is 35.3. The van der Waals surface area contributed by atoms with E-state index in [1.807, 2.05) is 0 Å². The first-order valence-electron chi connectivity index (χ1n) is 45.6. The average molecular weight is 1670 g/mol. The Balaban J connectivity index is 0.834. The molecule has 0 spiro atoms. The number of hydrogen-bond donors (Lipinski definition) is 0. The molecule has 0 atom stereocenters. The Labute approximate surface area is 769 Å². The third-order valence-corrected chi connectivity index (χ3v) is 26.8. The summed E-state index contributed by atoms with van der Waals surface area (Å²) in [6, 6.07) is 187. The van der Waals surface area contributed by atoms with E-state index in [1.54, 1.807) is 0 Å². The van der Waals surface area contributed by atoms with Crippen molar-refractivity contribution < 1.29 is 0 Å². The van der Waals surface area contributed by atoms with E-state index in [0.29, 0.717) is 0 Å². The van der Waals surface area contributed by atoms with Crippen molar-refractivity contribution in [2.75, 3.05) is 0 Å². The molecule has 22 rings (SSSR count). The van der Waals surface area contributed by atoms with Gasteiger partial charge < -0.3 is 0 Å². The Morgan fingerprint density at radius 3 is 0.527 bits per heavy atom. The van der Waals surface area contributed by atoms with Crippen molar-refractivity contribution in [2.24, 2.45) is 0 Å². The average Bonchev–Trinajstić information content (AvgIpc) is 1.52. The molecular weight excluding hydrogens is 1570 g/mol. The monoisotopic (exact) mass is 1670 g/mol. The maximum absolute atomic E-state index is 2.58. The van der Waals surface area contributed by atoms with Crippen molar-refractivity contribution in [3.05, 3.63) is 542 Å². The topological polar surface area (TPSA) is 0 Å². The lowest BCUT2D eigenvalue weighted by molar-refractivity contribution is 0.769. The van der Waals surface area contributed by atoms with Gasteiger partial charge in [-0.2, -0.15) is 0 Å². The van der Waals surface area contributed by atoms with Crippen molar-refractivity contribution in [1.29, 1.82) is 0 Å². The van der Waals surface area contributed by atoms with Gasteiger partial charge in [-0.1, -0.05) is 370 Å². The van der Waals surface area contributed by atoms with Crippen LogP contribution in [-0.2, 0) is 5.41 Å². The molecule has 21 aromatic carbocycles. The summed E-state index contributed by atoms with van der Waals surface area (Å²) >= 11 is 0. The van der Waals surface area contributed by atoms with E-state index in [2.05, 4.69) is 525 Å². The third kappa shape index (κ3) is 15.8. The Morgan fingerprint density at radius 1 is 0.122 bits per heavy atom. The van der Waals surface area contributed by atoms with Crippen LogP contribution in [-0.4, -0.2) is 0 Å². The zero-order valence-electron chi connectivity index (χ0n) is 73.8. The van der Waals surface area contributed by atoms with Gasteiger partial charge in [0.05, 0.1) is 5.41 Å². The lowest BCUT2D eigenvalue weighted by Crippen LogP contribution is -2.29. The molecule has 0 bridgehead atoms. The van der Waals surface area contributed by atoms with Gasteiger partial charge in [-0.3, -0.25) is 0 Å². The molecule has 0 amide bonds. The number of rotatable bonds is 19. The first-order valence-corrected chi connectivity index (χ1v) is 45.6. The molecule has 1 aliphatic rings. The zero-order chi connectivity index (χ0) is 87.9. The van der Waals surface area contributed by atoms with Gasteiger partial charge in [0, 0.05) is 0 Å². The molecule has 0 saturated carbocycles. The molecule has 0 aliphatic heterocycles. The molecule has 0 N–H and O–H groups in total. The summed E-state index contributed by atoms with van der Waals surface area (Å²) < 4.78 is 0. The first-order chi connectivity index (χ1) is 64.5. The molecule has 21 aromatic rings. The Kier molecular flexibility index (Phi) is 21.3. The van der Waals surface area contributed by atoms with E-state index in [9.17, 15) is 0 Å². The van der Waals surface area contributed by atoms with Gasteiger partial charge >= 0.3 is 0 Å². The molecule has 618 valence electrons. The summed E-state index contributed by atoms with van der Waals surface area (Å²) in [5.41, 5.74) is 50.3. The van der Waals surface area contributed by atoms with E-state index in [1.165, 1.54) is 100 Å². The molecule has 0 fully saturated rings. The van der Waals surface area contributed by atoms with Crippen LogP contribution in [0.4, 0.5) is 0 Å². The highest BCUT2D eigenvalue weighted by molar-refractivity contribution is 6.00. The van der Waals surface area contributed by atoms with Gasteiger partial charge in [0.2, 0.25) is 0 Å². The minimum Gasteiger partial charge on any atom is -0.0622 e. The lowest BCUT2D eigenvalue weighted by atomic mass is 9.65. The van der Waals surface area contributed by atoms with Crippen molar-refractivity contribution in [2.45, 2.75) is 33.1 Å². The van der Waals surface area contributed by atoms with Crippen molar-refractivity contribution in [3.8, 4) is 200 Å². The normalized spacial score (nSPS) is 11.9. The van der Waals surface area contributed by atoms with Crippen molar-refractivity contribution in [1.82, 2.24) is 0 Å². The van der Waals surface area contributed by atoms with Crippen LogP contribution in [0.3, 0.4) is 0 Å². The van der Waals surface area contributed by atoms with Crippen LogP contribution in [0.1, 0.15) is 44.5 Å². The van der Waals surface area contributed by atoms with Crippen LogP contribution in [0.5, 0.6) is 0 Å². The molecule has 0 radical (unpaired) electrons. The summed E-state index contributed by atoms with van der Waals surface area (Å²) in [4.78, 5) is 0. The second kappa shape index (κ2) is 34.8. The van der Waals surface area contributed by atoms with E-state index in [0.717, 1.165) is 145 Å². The van der Waals surface area contributed by atoms with Gasteiger partial charge in [-0.25, -0.2) is 0 Å². The number of aryl methyl sites for hydroxylation is 4. The molecule has 0 nitrogen and oxygen atoms in total. The Hall–Kier alpha value is -16.4. The molecule has 0 unspecified atom stereocenters. The van der Waals surface area contributed by atoms with Gasteiger partial charge in [0.1, 0.15) is 0 Å². The van der Waals surface area contributed by atoms with Crippen LogP contribution in [0.15, 0.2) is 497 Å².